The molecule has 1 saturated carbocycles. The first kappa shape index (κ1) is 17.9. The molecule has 3 aromatic rings. The largest absolute Gasteiger partial charge is 0.497 e. The van der Waals surface area contributed by atoms with Crippen LogP contribution in [0.3, 0.4) is 0 Å². The zero-order valence-electron chi connectivity index (χ0n) is 14.8. The molecule has 0 unspecified atom stereocenters. The molecule has 1 aliphatic carbocycles. The maximum Gasteiger partial charge on any atom is 0.236 e. The molecule has 0 atom stereocenters. The van der Waals surface area contributed by atoms with Crippen LogP contribution in [0.1, 0.15) is 18.4 Å². The van der Waals surface area contributed by atoms with E-state index >= 15 is 0 Å². The van der Waals surface area contributed by atoms with Crippen LogP contribution in [0.5, 0.6) is 5.75 Å². The van der Waals surface area contributed by atoms with Crippen LogP contribution in [0.15, 0.2) is 63.8 Å². The number of carbonyl (C=O) groups is 1. The molecule has 4 rings (SSSR count). The normalized spacial score (nSPS) is 14.6. The maximum atomic E-state index is 12.9. The summed E-state index contributed by atoms with van der Waals surface area (Å²) < 4.78 is 6.22. The monoisotopic (exact) mass is 397 g/mol. The van der Waals surface area contributed by atoms with E-state index in [1.54, 1.807) is 25.1 Å². The smallest absolute Gasteiger partial charge is 0.236 e. The number of hydrogen-bond donors (Lipinski definition) is 2. The molecule has 7 heteroatoms. The highest BCUT2D eigenvalue weighted by Gasteiger charge is 2.51. The second kappa shape index (κ2) is 7.25. The lowest BCUT2D eigenvalue weighted by atomic mass is 9.95. The van der Waals surface area contributed by atoms with E-state index in [-0.39, 0.29) is 5.91 Å². The Kier molecular flexibility index (Phi) is 4.80. The SMILES string of the molecule is COc1ccc(C2(C(=O)Nc3ncc(Sc4ccc(N)cc4)s3)CC2)cc1. The quantitative estimate of drug-likeness (QED) is 0.597. The zero-order valence-corrected chi connectivity index (χ0v) is 16.4. The van der Waals surface area contributed by atoms with Gasteiger partial charge < -0.3 is 15.8 Å². The number of anilines is 2. The lowest BCUT2D eigenvalue weighted by molar-refractivity contribution is -0.118. The molecule has 5 nitrogen and oxygen atoms in total. The van der Waals surface area contributed by atoms with Crippen LogP contribution < -0.4 is 15.8 Å². The topological polar surface area (TPSA) is 77.2 Å². The number of nitrogens with zero attached hydrogens (tertiary/aromatic N) is 1. The molecule has 138 valence electrons. The van der Waals surface area contributed by atoms with Gasteiger partial charge in [0.25, 0.3) is 0 Å². The van der Waals surface area contributed by atoms with Crippen molar-refractivity contribution in [3.63, 3.8) is 0 Å². The third-order valence-corrected chi connectivity index (χ3v) is 6.65. The number of ether oxygens (including phenoxy) is 1. The number of benzene rings is 2. The Bertz CT molecular complexity index is 948. The minimum absolute atomic E-state index is 0.00560. The highest BCUT2D eigenvalue weighted by molar-refractivity contribution is 8.01. The van der Waals surface area contributed by atoms with E-state index in [1.165, 1.54) is 11.3 Å². The molecule has 0 saturated heterocycles. The second-order valence-corrected chi connectivity index (χ2v) is 8.82. The van der Waals surface area contributed by atoms with Crippen molar-refractivity contribution in [3.8, 4) is 5.75 Å². The van der Waals surface area contributed by atoms with Gasteiger partial charge in [-0.05, 0) is 54.8 Å². The van der Waals surface area contributed by atoms with Crippen molar-refractivity contribution in [2.75, 3.05) is 18.2 Å². The lowest BCUT2D eigenvalue weighted by Gasteiger charge is -2.15. The van der Waals surface area contributed by atoms with Crippen molar-refractivity contribution in [2.24, 2.45) is 0 Å². The highest BCUT2D eigenvalue weighted by atomic mass is 32.2. The zero-order chi connectivity index (χ0) is 18.9. The third-order valence-electron chi connectivity index (χ3n) is 4.63. The summed E-state index contributed by atoms with van der Waals surface area (Å²) in [6.07, 6.45) is 3.49. The third kappa shape index (κ3) is 3.79. The minimum Gasteiger partial charge on any atom is -0.497 e. The first-order valence-electron chi connectivity index (χ1n) is 8.54. The van der Waals surface area contributed by atoms with Crippen molar-refractivity contribution in [2.45, 2.75) is 27.4 Å². The molecule has 1 aliphatic rings. The maximum absolute atomic E-state index is 12.9. The van der Waals surface area contributed by atoms with Gasteiger partial charge in [-0.2, -0.15) is 0 Å². The van der Waals surface area contributed by atoms with Gasteiger partial charge in [0, 0.05) is 10.6 Å². The van der Waals surface area contributed by atoms with Gasteiger partial charge in [-0.25, -0.2) is 4.98 Å². The first-order valence-corrected chi connectivity index (χ1v) is 10.2. The van der Waals surface area contributed by atoms with Gasteiger partial charge in [0.15, 0.2) is 5.13 Å². The Labute approximate surface area is 166 Å². The average Bonchev–Trinajstić information content (AvgIpc) is 3.39. The predicted octanol–water partition coefficient (Wildman–Crippen LogP) is 4.56. The number of carbonyl (C=O) groups excluding carboxylic acids is 1. The number of rotatable bonds is 6. The molecule has 1 aromatic heterocycles. The fraction of sp³-hybridized carbons (Fsp3) is 0.200. The van der Waals surface area contributed by atoms with Gasteiger partial charge >= 0.3 is 0 Å². The van der Waals surface area contributed by atoms with Crippen LogP contribution in [-0.2, 0) is 10.2 Å². The molecule has 0 spiro atoms. The van der Waals surface area contributed by atoms with Gasteiger partial charge in [0.2, 0.25) is 5.91 Å². The van der Waals surface area contributed by atoms with Crippen LogP contribution in [0, 0.1) is 0 Å². The van der Waals surface area contributed by atoms with Crippen molar-refractivity contribution in [1.82, 2.24) is 4.98 Å². The van der Waals surface area contributed by atoms with E-state index in [1.807, 2.05) is 48.5 Å². The van der Waals surface area contributed by atoms with E-state index in [4.69, 9.17) is 10.5 Å². The summed E-state index contributed by atoms with van der Waals surface area (Å²) in [5.41, 5.74) is 7.04. The van der Waals surface area contributed by atoms with Crippen LogP contribution in [0.25, 0.3) is 0 Å². The molecule has 1 amide bonds. The van der Waals surface area contributed by atoms with Gasteiger partial charge in [0.1, 0.15) is 5.75 Å². The summed E-state index contributed by atoms with van der Waals surface area (Å²) in [4.78, 5) is 18.3. The number of nitrogens with two attached hydrogens (primary N) is 1. The molecule has 27 heavy (non-hydrogen) atoms. The second-order valence-electron chi connectivity index (χ2n) is 6.42. The molecular formula is C20H19N3O2S2. The molecule has 0 bridgehead atoms. The van der Waals surface area contributed by atoms with Crippen LogP contribution in [-0.4, -0.2) is 18.0 Å². The standard InChI is InChI=1S/C20H19N3O2S2/c1-25-15-6-2-13(3-7-15)20(10-11-20)18(24)23-19-22-12-17(27-19)26-16-8-4-14(21)5-9-16/h2-9,12H,10-11,21H2,1H3,(H,22,23,24). The van der Waals surface area contributed by atoms with E-state index in [0.717, 1.165) is 38.9 Å². The molecule has 1 heterocycles. The molecule has 0 aliphatic heterocycles. The predicted molar refractivity (Wildman–Crippen MR) is 110 cm³/mol. The van der Waals surface area contributed by atoms with Crippen LogP contribution >= 0.6 is 23.1 Å². The van der Waals surface area contributed by atoms with E-state index in [2.05, 4.69) is 10.3 Å². The minimum atomic E-state index is -0.442. The summed E-state index contributed by atoms with van der Waals surface area (Å²) >= 11 is 3.08. The Morgan fingerprint density at radius 2 is 1.89 bits per heavy atom. The van der Waals surface area contributed by atoms with E-state index < -0.39 is 5.41 Å². The number of nitrogens with one attached hydrogen (secondary N) is 1. The first-order chi connectivity index (χ1) is 13.1. The van der Waals surface area contributed by atoms with Crippen molar-refractivity contribution < 1.29 is 9.53 Å². The highest BCUT2D eigenvalue weighted by Crippen LogP contribution is 2.49. The number of methoxy groups -OCH3 is 1. The Balaban J connectivity index is 1.43. The Morgan fingerprint density at radius 3 is 2.52 bits per heavy atom. The lowest BCUT2D eigenvalue weighted by Crippen LogP contribution is -2.27. The van der Waals surface area contributed by atoms with Gasteiger partial charge in [-0.15, -0.1) is 0 Å². The number of hydrogen-bond acceptors (Lipinski definition) is 6. The van der Waals surface area contributed by atoms with Crippen molar-refractivity contribution in [1.29, 1.82) is 0 Å². The van der Waals surface area contributed by atoms with E-state index in [9.17, 15) is 4.79 Å². The fourth-order valence-electron chi connectivity index (χ4n) is 2.91. The summed E-state index contributed by atoms with van der Waals surface area (Å²) in [6, 6.07) is 15.4. The molecule has 0 radical (unpaired) electrons. The van der Waals surface area contributed by atoms with Crippen LogP contribution in [0.4, 0.5) is 10.8 Å². The number of amides is 1. The van der Waals surface area contributed by atoms with Crippen molar-refractivity contribution >= 4 is 39.8 Å². The summed E-state index contributed by atoms with van der Waals surface area (Å²) in [6.45, 7) is 0. The molecular weight excluding hydrogens is 378 g/mol. The van der Waals surface area contributed by atoms with Gasteiger partial charge in [-0.3, -0.25) is 4.79 Å². The van der Waals surface area contributed by atoms with Crippen LogP contribution in [0.2, 0.25) is 0 Å². The Hall–Kier alpha value is -2.51. The fourth-order valence-corrected chi connectivity index (χ4v) is 4.76. The number of thiazole rings is 1. The van der Waals surface area contributed by atoms with Crippen molar-refractivity contribution in [3.05, 3.63) is 60.3 Å². The number of nitrogen functional groups attached to an aromatic ring is 1. The molecule has 1 fully saturated rings. The molecule has 2 aromatic carbocycles. The Morgan fingerprint density at radius 1 is 1.19 bits per heavy atom. The summed E-state index contributed by atoms with van der Waals surface area (Å²) in [7, 11) is 1.64. The van der Waals surface area contributed by atoms with Gasteiger partial charge in [0.05, 0.1) is 22.9 Å². The van der Waals surface area contributed by atoms with Gasteiger partial charge in [-0.1, -0.05) is 35.2 Å². The van der Waals surface area contributed by atoms with E-state index in [0.29, 0.717) is 5.13 Å². The summed E-state index contributed by atoms with van der Waals surface area (Å²) in [5.74, 6) is 0.797. The summed E-state index contributed by atoms with van der Waals surface area (Å²) in [5, 5.41) is 3.61. The average molecular weight is 398 g/mol. The number of aromatic nitrogens is 1. The molecule has 3 N–H and O–H groups in total.